The molecule has 0 radical (unpaired) electrons. The predicted molar refractivity (Wildman–Crippen MR) is 112 cm³/mol. The Morgan fingerprint density at radius 3 is 2.72 bits per heavy atom. The zero-order valence-corrected chi connectivity index (χ0v) is 18.8. The number of aromatic amines is 1. The van der Waals surface area contributed by atoms with Gasteiger partial charge >= 0.3 is 6.18 Å². The van der Waals surface area contributed by atoms with E-state index in [4.69, 9.17) is 4.42 Å². The van der Waals surface area contributed by atoms with E-state index in [9.17, 15) is 31.9 Å². The molecule has 14 heteroatoms. The third-order valence-electron chi connectivity index (χ3n) is 5.87. The van der Waals surface area contributed by atoms with Crippen LogP contribution in [0.15, 0.2) is 35.1 Å². The van der Waals surface area contributed by atoms with E-state index in [0.29, 0.717) is 11.4 Å². The molecule has 0 saturated carbocycles. The number of carbonyl (C=O) groups is 1. The van der Waals surface area contributed by atoms with Gasteiger partial charge in [-0.2, -0.15) is 18.3 Å². The van der Waals surface area contributed by atoms with Crippen molar-refractivity contribution >= 4 is 11.4 Å². The minimum atomic E-state index is -4.65. The number of hydrogen-bond acceptors (Lipinski definition) is 6. The minimum Gasteiger partial charge on any atom is -0.432 e. The second-order valence-corrected chi connectivity index (χ2v) is 8.83. The van der Waals surface area contributed by atoms with Crippen molar-refractivity contribution < 1.29 is 36.3 Å². The van der Waals surface area contributed by atoms with Gasteiger partial charge < -0.3 is 19.4 Å². The number of nitrogens with one attached hydrogen (secondary N) is 1. The number of aromatic nitrogens is 5. The number of H-pyrrole nitrogens is 1. The number of imidazole rings is 1. The number of aliphatic hydroxyl groups is 1. The van der Waals surface area contributed by atoms with Crippen LogP contribution in [0.25, 0.3) is 5.52 Å². The zero-order chi connectivity index (χ0) is 26.0. The summed E-state index contributed by atoms with van der Waals surface area (Å²) in [5.74, 6) is -2.23. The number of hydrogen-bond donors (Lipinski definition) is 2. The number of alkyl halides is 5. The fraction of sp³-hybridized carbons (Fsp3) is 0.364. The first-order valence-corrected chi connectivity index (χ1v) is 10.8. The molecule has 5 heterocycles. The highest BCUT2D eigenvalue weighted by atomic mass is 19.4. The van der Waals surface area contributed by atoms with Crippen LogP contribution in [0.5, 0.6) is 0 Å². The molecule has 0 fully saturated rings. The van der Waals surface area contributed by atoms with Crippen molar-refractivity contribution in [3.63, 3.8) is 0 Å². The Morgan fingerprint density at radius 2 is 2.06 bits per heavy atom. The number of nitrogens with zero attached hydrogens (tertiary/aromatic N) is 5. The molecule has 1 aliphatic heterocycles. The van der Waals surface area contributed by atoms with E-state index in [1.54, 1.807) is 0 Å². The van der Waals surface area contributed by atoms with Gasteiger partial charge in [0.05, 0.1) is 28.8 Å². The van der Waals surface area contributed by atoms with E-state index >= 15 is 0 Å². The summed E-state index contributed by atoms with van der Waals surface area (Å²) in [4.78, 5) is 25.5. The maximum atomic E-state index is 13.7. The molecule has 2 N–H and O–H groups in total. The smallest absolute Gasteiger partial charge is 0.418 e. The van der Waals surface area contributed by atoms with E-state index < -0.39 is 53.1 Å². The van der Waals surface area contributed by atoms with Crippen LogP contribution in [0.4, 0.5) is 22.0 Å². The molecule has 0 bridgehead atoms. The van der Waals surface area contributed by atoms with Crippen LogP contribution < -0.4 is 0 Å². The summed E-state index contributed by atoms with van der Waals surface area (Å²) < 4.78 is 74.5. The highest BCUT2D eigenvalue weighted by molar-refractivity contribution is 5.93. The summed E-state index contributed by atoms with van der Waals surface area (Å²) >= 11 is 0. The third kappa shape index (κ3) is 3.90. The van der Waals surface area contributed by atoms with Gasteiger partial charge in [0, 0.05) is 24.9 Å². The van der Waals surface area contributed by atoms with Gasteiger partial charge in [0.25, 0.3) is 12.3 Å². The first kappa shape index (κ1) is 23.9. The van der Waals surface area contributed by atoms with Crippen molar-refractivity contribution in [1.82, 2.24) is 29.5 Å². The standard InChI is InChI=1S/C22H19F5N6O3/c1-21(2,35)20-30-15(18(23)24)17(36-20)19(34)32-7-5-11-14(29-9-28-11)16(32)12-8-13-10(22(25,26)27)4-3-6-33(13)31-12/h3-4,6,8-9,16,18,35H,5,7H2,1-2H3,(H,28,29)/t16-/m0/s1. The van der Waals surface area contributed by atoms with Crippen LogP contribution >= 0.6 is 0 Å². The molecule has 1 aliphatic rings. The second kappa shape index (κ2) is 8.11. The summed E-state index contributed by atoms with van der Waals surface area (Å²) in [7, 11) is 0. The van der Waals surface area contributed by atoms with E-state index in [0.717, 1.165) is 15.5 Å². The summed E-state index contributed by atoms with van der Waals surface area (Å²) in [5.41, 5.74) is -2.87. The lowest BCUT2D eigenvalue weighted by Crippen LogP contribution is -2.41. The Hall–Kier alpha value is -3.81. The third-order valence-corrected chi connectivity index (χ3v) is 5.87. The fourth-order valence-electron chi connectivity index (χ4n) is 4.23. The van der Waals surface area contributed by atoms with Crippen LogP contribution in [0.2, 0.25) is 0 Å². The molecule has 9 nitrogen and oxygen atoms in total. The van der Waals surface area contributed by atoms with Crippen molar-refractivity contribution in [3.05, 3.63) is 70.7 Å². The van der Waals surface area contributed by atoms with Crippen LogP contribution in [-0.2, 0) is 18.2 Å². The lowest BCUT2D eigenvalue weighted by molar-refractivity contribution is -0.136. The Balaban J connectivity index is 1.64. The molecule has 5 rings (SSSR count). The first-order chi connectivity index (χ1) is 16.9. The summed E-state index contributed by atoms with van der Waals surface area (Å²) in [6.45, 7) is 2.52. The summed E-state index contributed by atoms with van der Waals surface area (Å²) in [6.07, 6.45) is -4.87. The van der Waals surface area contributed by atoms with Crippen LogP contribution in [0, 0.1) is 0 Å². The number of amides is 1. The van der Waals surface area contributed by atoms with Crippen LogP contribution in [0.3, 0.4) is 0 Å². The number of fused-ring (bicyclic) bond motifs is 2. The molecular weight excluding hydrogens is 491 g/mol. The van der Waals surface area contributed by atoms with Gasteiger partial charge in [0.15, 0.2) is 5.69 Å². The molecule has 1 amide bonds. The monoisotopic (exact) mass is 510 g/mol. The van der Waals surface area contributed by atoms with E-state index in [-0.39, 0.29) is 24.2 Å². The fourth-order valence-corrected chi connectivity index (χ4v) is 4.23. The SMILES string of the molecule is CC(C)(O)c1nc(C(F)F)c(C(=O)N2CCc3[nH]cnc3[C@@H]2c2cc3c(C(F)(F)F)cccn3n2)o1. The van der Waals surface area contributed by atoms with Gasteiger partial charge in [-0.05, 0) is 32.0 Å². The molecule has 0 aliphatic carbocycles. The Labute approximate surface area is 199 Å². The number of pyridine rings is 1. The van der Waals surface area contributed by atoms with Crippen molar-refractivity contribution in [2.75, 3.05) is 6.54 Å². The number of rotatable bonds is 4. The number of oxazole rings is 1. The van der Waals surface area contributed by atoms with Crippen LogP contribution in [-0.4, -0.2) is 47.0 Å². The van der Waals surface area contributed by atoms with Gasteiger partial charge in [-0.15, -0.1) is 0 Å². The lowest BCUT2D eigenvalue weighted by Gasteiger charge is -2.33. The maximum absolute atomic E-state index is 13.7. The molecule has 0 spiro atoms. The summed E-state index contributed by atoms with van der Waals surface area (Å²) in [5, 5.41) is 14.4. The quantitative estimate of drug-likeness (QED) is 0.401. The molecule has 4 aromatic heterocycles. The molecule has 0 saturated heterocycles. The molecule has 36 heavy (non-hydrogen) atoms. The highest BCUT2D eigenvalue weighted by Crippen LogP contribution is 2.38. The van der Waals surface area contributed by atoms with Gasteiger partial charge in [0.2, 0.25) is 11.7 Å². The van der Waals surface area contributed by atoms with E-state index in [1.807, 2.05) is 0 Å². The molecule has 0 aromatic carbocycles. The van der Waals surface area contributed by atoms with E-state index in [1.165, 1.54) is 38.5 Å². The average molecular weight is 510 g/mol. The molecule has 1 atom stereocenters. The average Bonchev–Trinajstić information content (AvgIpc) is 3.53. The zero-order valence-electron chi connectivity index (χ0n) is 18.8. The molecule has 4 aromatic rings. The number of carbonyl (C=O) groups excluding carboxylic acids is 1. The van der Waals surface area contributed by atoms with Crippen molar-refractivity contribution in [3.8, 4) is 0 Å². The molecule has 0 unspecified atom stereocenters. The topological polar surface area (TPSA) is 113 Å². The minimum absolute atomic E-state index is 0.0000769. The predicted octanol–water partition coefficient (Wildman–Crippen LogP) is 4.02. The second-order valence-electron chi connectivity index (χ2n) is 8.83. The normalized spacial score (nSPS) is 16.7. The van der Waals surface area contributed by atoms with E-state index in [2.05, 4.69) is 20.1 Å². The Morgan fingerprint density at radius 1 is 1.31 bits per heavy atom. The molecule has 190 valence electrons. The van der Waals surface area contributed by atoms with Crippen molar-refractivity contribution in [1.29, 1.82) is 0 Å². The lowest BCUT2D eigenvalue weighted by atomic mass is 9.99. The summed E-state index contributed by atoms with van der Waals surface area (Å²) in [6, 6.07) is 2.19. The Kier molecular flexibility index (Phi) is 5.39. The highest BCUT2D eigenvalue weighted by Gasteiger charge is 2.41. The molecular formula is C22H19F5N6O3. The Bertz CT molecular complexity index is 1450. The van der Waals surface area contributed by atoms with Gasteiger partial charge in [-0.3, -0.25) is 4.79 Å². The van der Waals surface area contributed by atoms with Gasteiger partial charge in [-0.1, -0.05) is 0 Å². The number of halogens is 5. The van der Waals surface area contributed by atoms with Gasteiger partial charge in [0.1, 0.15) is 11.6 Å². The largest absolute Gasteiger partial charge is 0.432 e. The van der Waals surface area contributed by atoms with Crippen molar-refractivity contribution in [2.24, 2.45) is 0 Å². The van der Waals surface area contributed by atoms with Crippen molar-refractivity contribution in [2.45, 2.75) is 44.5 Å². The maximum Gasteiger partial charge on any atom is 0.418 e. The first-order valence-electron chi connectivity index (χ1n) is 10.8. The van der Waals surface area contributed by atoms with Crippen LogP contribution in [0.1, 0.15) is 71.1 Å². The van der Waals surface area contributed by atoms with Gasteiger partial charge in [-0.25, -0.2) is 23.3 Å².